The second-order valence-corrected chi connectivity index (χ2v) is 4.69. The summed E-state index contributed by atoms with van der Waals surface area (Å²) in [5, 5.41) is 19.9. The highest BCUT2D eigenvalue weighted by atomic mass is 16.8. The van der Waals surface area contributed by atoms with E-state index in [0.717, 1.165) is 24.1 Å². The van der Waals surface area contributed by atoms with Crippen LogP contribution in [0.2, 0.25) is 0 Å². The van der Waals surface area contributed by atoms with Gasteiger partial charge in [0.1, 0.15) is 0 Å². The fourth-order valence-electron chi connectivity index (χ4n) is 2.54. The van der Waals surface area contributed by atoms with Gasteiger partial charge < -0.3 is 19.9 Å². The molecule has 1 aliphatic heterocycles. The molecule has 0 saturated carbocycles. The molecule has 0 spiro atoms. The van der Waals surface area contributed by atoms with Crippen LogP contribution in [0, 0.1) is 5.21 Å². The molecule has 0 saturated heterocycles. The molecular formula is C13H19N2O4-. The lowest BCUT2D eigenvalue weighted by molar-refractivity contribution is -0.0593. The molecule has 106 valence electrons. The Hall–Kier alpha value is -1.34. The molecule has 19 heavy (non-hydrogen) atoms. The SMILES string of the molecule is COc1cc2c(cc1OC)[C@@H](CN([O-])O)N(C)CC2. The Morgan fingerprint density at radius 2 is 2.00 bits per heavy atom. The predicted molar refractivity (Wildman–Crippen MR) is 70.5 cm³/mol. The van der Waals surface area contributed by atoms with Crippen molar-refractivity contribution in [3.05, 3.63) is 28.5 Å². The van der Waals surface area contributed by atoms with Crippen LogP contribution in [0.15, 0.2) is 12.1 Å². The lowest BCUT2D eigenvalue weighted by Crippen LogP contribution is -2.37. The van der Waals surface area contributed by atoms with Gasteiger partial charge in [0.2, 0.25) is 0 Å². The van der Waals surface area contributed by atoms with E-state index in [-0.39, 0.29) is 17.8 Å². The minimum absolute atomic E-state index is 0.0129. The fraction of sp³-hybridized carbons (Fsp3) is 0.538. The number of hydroxylamine groups is 2. The number of fused-ring (bicyclic) bond motifs is 1. The minimum atomic E-state index is -0.147. The smallest absolute Gasteiger partial charge is 0.161 e. The monoisotopic (exact) mass is 267 g/mol. The highest BCUT2D eigenvalue weighted by Gasteiger charge is 2.26. The van der Waals surface area contributed by atoms with Gasteiger partial charge in [-0.05, 0) is 36.7 Å². The zero-order valence-electron chi connectivity index (χ0n) is 11.4. The van der Waals surface area contributed by atoms with Crippen molar-refractivity contribution in [2.75, 3.05) is 34.4 Å². The highest BCUT2D eigenvalue weighted by molar-refractivity contribution is 5.49. The largest absolute Gasteiger partial charge is 0.762 e. The maximum atomic E-state index is 10.9. The summed E-state index contributed by atoms with van der Waals surface area (Å²) < 4.78 is 10.6. The van der Waals surface area contributed by atoms with Crippen molar-refractivity contribution in [3.8, 4) is 11.5 Å². The number of benzene rings is 1. The summed E-state index contributed by atoms with van der Waals surface area (Å²) in [5.41, 5.74) is 2.13. The third-order valence-corrected chi connectivity index (χ3v) is 3.60. The average molecular weight is 267 g/mol. The van der Waals surface area contributed by atoms with Gasteiger partial charge in [0.25, 0.3) is 0 Å². The van der Waals surface area contributed by atoms with Crippen molar-refractivity contribution >= 4 is 0 Å². The molecule has 1 atom stereocenters. The molecule has 0 bridgehead atoms. The third-order valence-electron chi connectivity index (χ3n) is 3.60. The molecule has 0 aliphatic carbocycles. The Morgan fingerprint density at radius 3 is 2.58 bits per heavy atom. The first-order valence-corrected chi connectivity index (χ1v) is 6.15. The van der Waals surface area contributed by atoms with E-state index in [1.54, 1.807) is 14.2 Å². The van der Waals surface area contributed by atoms with Crippen LogP contribution in [0.25, 0.3) is 0 Å². The Morgan fingerprint density at radius 1 is 1.37 bits per heavy atom. The van der Waals surface area contributed by atoms with Crippen LogP contribution < -0.4 is 9.47 Å². The van der Waals surface area contributed by atoms with Gasteiger partial charge in [0, 0.05) is 19.1 Å². The summed E-state index contributed by atoms with van der Waals surface area (Å²) in [6.45, 7) is 0.847. The van der Waals surface area contributed by atoms with Gasteiger partial charge >= 0.3 is 0 Å². The summed E-state index contributed by atoms with van der Waals surface area (Å²) in [5.74, 6) is 1.32. The van der Waals surface area contributed by atoms with E-state index in [2.05, 4.69) is 4.90 Å². The molecule has 0 amide bonds. The molecule has 1 heterocycles. The normalized spacial score (nSPS) is 19.4. The zero-order chi connectivity index (χ0) is 14.0. The molecule has 1 aliphatic rings. The van der Waals surface area contributed by atoms with E-state index in [1.165, 1.54) is 0 Å². The Bertz CT molecular complexity index is 451. The highest BCUT2D eigenvalue weighted by Crippen LogP contribution is 2.37. The predicted octanol–water partition coefficient (Wildman–Crippen LogP) is 1.42. The van der Waals surface area contributed by atoms with E-state index < -0.39 is 0 Å². The lowest BCUT2D eigenvalue weighted by Gasteiger charge is -2.38. The Labute approximate surface area is 112 Å². The van der Waals surface area contributed by atoms with Crippen LogP contribution in [0.1, 0.15) is 17.2 Å². The molecule has 6 heteroatoms. The fourth-order valence-corrected chi connectivity index (χ4v) is 2.54. The summed E-state index contributed by atoms with van der Waals surface area (Å²) >= 11 is 0. The van der Waals surface area contributed by atoms with Gasteiger partial charge in [0.15, 0.2) is 11.5 Å². The molecule has 1 aromatic rings. The van der Waals surface area contributed by atoms with Gasteiger partial charge in [0.05, 0.1) is 14.2 Å². The number of hydrogen-bond donors (Lipinski definition) is 1. The van der Waals surface area contributed by atoms with E-state index in [4.69, 9.17) is 14.7 Å². The van der Waals surface area contributed by atoms with Gasteiger partial charge in [-0.2, -0.15) is 0 Å². The minimum Gasteiger partial charge on any atom is -0.762 e. The van der Waals surface area contributed by atoms with Crippen molar-refractivity contribution in [1.82, 2.24) is 10.1 Å². The molecule has 0 fully saturated rings. The van der Waals surface area contributed by atoms with Crippen LogP contribution in [0.5, 0.6) is 11.5 Å². The van der Waals surface area contributed by atoms with E-state index in [0.29, 0.717) is 11.5 Å². The van der Waals surface area contributed by atoms with Crippen molar-refractivity contribution in [1.29, 1.82) is 0 Å². The second kappa shape index (κ2) is 5.75. The molecule has 1 aromatic carbocycles. The Balaban J connectivity index is 2.42. The number of nitrogens with zero attached hydrogens (tertiary/aromatic N) is 2. The van der Waals surface area contributed by atoms with Crippen molar-refractivity contribution in [2.45, 2.75) is 12.5 Å². The molecule has 2 rings (SSSR count). The van der Waals surface area contributed by atoms with Crippen molar-refractivity contribution in [2.24, 2.45) is 0 Å². The molecule has 0 unspecified atom stereocenters. The van der Waals surface area contributed by atoms with Crippen molar-refractivity contribution in [3.63, 3.8) is 0 Å². The number of hydrogen-bond acceptors (Lipinski definition) is 6. The summed E-state index contributed by atoms with van der Waals surface area (Å²) in [6.07, 6.45) is 0.882. The maximum Gasteiger partial charge on any atom is 0.161 e. The molecule has 6 nitrogen and oxygen atoms in total. The van der Waals surface area contributed by atoms with Gasteiger partial charge in [-0.15, -0.1) is 0 Å². The Kier molecular flexibility index (Phi) is 4.26. The second-order valence-electron chi connectivity index (χ2n) is 4.69. The van der Waals surface area contributed by atoms with Crippen LogP contribution in [-0.4, -0.2) is 49.7 Å². The zero-order valence-corrected chi connectivity index (χ0v) is 11.4. The number of rotatable bonds is 4. The van der Waals surface area contributed by atoms with Crippen molar-refractivity contribution < 1.29 is 14.7 Å². The molecule has 0 radical (unpaired) electrons. The van der Waals surface area contributed by atoms with Gasteiger partial charge in [-0.3, -0.25) is 10.1 Å². The van der Waals surface area contributed by atoms with Crippen LogP contribution in [0.4, 0.5) is 0 Å². The summed E-state index contributed by atoms with van der Waals surface area (Å²) in [7, 11) is 5.12. The molecular weight excluding hydrogens is 248 g/mol. The van der Waals surface area contributed by atoms with Gasteiger partial charge in [-0.25, -0.2) is 0 Å². The lowest BCUT2D eigenvalue weighted by atomic mass is 9.92. The topological polar surface area (TPSA) is 68.2 Å². The summed E-state index contributed by atoms with van der Waals surface area (Å²) in [4.78, 5) is 2.05. The number of ether oxygens (including phenoxy) is 2. The van der Waals surface area contributed by atoms with Crippen LogP contribution in [-0.2, 0) is 6.42 Å². The quantitative estimate of drug-likeness (QED) is 0.832. The molecule has 0 aromatic heterocycles. The third kappa shape index (κ3) is 2.82. The number of likely N-dealkylation sites (N-methyl/N-ethyl adjacent to an activating group) is 1. The average Bonchev–Trinajstić information content (AvgIpc) is 2.40. The first kappa shape index (κ1) is 14.1. The van der Waals surface area contributed by atoms with Gasteiger partial charge in [-0.1, -0.05) is 0 Å². The van der Waals surface area contributed by atoms with Crippen LogP contribution in [0.3, 0.4) is 0 Å². The van der Waals surface area contributed by atoms with E-state index in [1.807, 2.05) is 19.2 Å². The number of methoxy groups -OCH3 is 2. The first-order chi connectivity index (χ1) is 9.06. The maximum absolute atomic E-state index is 10.9. The molecule has 1 N–H and O–H groups in total. The van der Waals surface area contributed by atoms with Crippen LogP contribution >= 0.6 is 0 Å². The summed E-state index contributed by atoms with van der Waals surface area (Å²) in [6, 6.07) is 3.68. The van der Waals surface area contributed by atoms with E-state index >= 15 is 0 Å². The standard InChI is InChI=1S/C13H19N2O4/c1-14-5-4-9-6-12(18-2)13(19-3)7-10(9)11(14)8-15(16)17/h6-7,11,16H,4-5,8H2,1-3H3/q-1/t11-/m1/s1. The first-order valence-electron chi connectivity index (χ1n) is 6.15. The van der Waals surface area contributed by atoms with E-state index in [9.17, 15) is 5.21 Å².